The third-order valence-corrected chi connectivity index (χ3v) is 2.55. The Morgan fingerprint density at radius 2 is 2.15 bits per heavy atom. The number of fused-ring (bicyclic) bond motifs is 1. The van der Waals surface area contributed by atoms with Crippen molar-refractivity contribution in [1.82, 2.24) is 0 Å². The van der Waals surface area contributed by atoms with Crippen molar-refractivity contribution in [2.45, 2.75) is 19.3 Å². The molecule has 1 N–H and O–H groups in total. The molecule has 0 unspecified atom stereocenters. The molecule has 1 aliphatic rings. The Labute approximate surface area is 78.0 Å². The van der Waals surface area contributed by atoms with Gasteiger partial charge in [0.05, 0.1) is 0 Å². The molecule has 1 aromatic rings. The smallest absolute Gasteiger partial charge is 0.163 e. The highest BCUT2D eigenvalue weighted by Crippen LogP contribution is 2.23. The van der Waals surface area contributed by atoms with E-state index in [0.717, 1.165) is 24.1 Å². The molecule has 0 aliphatic heterocycles. The summed E-state index contributed by atoms with van der Waals surface area (Å²) in [5, 5.41) is 3.05. The monoisotopic (exact) mass is 175 g/mol. The zero-order valence-electron chi connectivity index (χ0n) is 7.76. The largest absolute Gasteiger partial charge is 0.388 e. The maximum absolute atomic E-state index is 11.5. The maximum atomic E-state index is 11.5. The third-order valence-electron chi connectivity index (χ3n) is 2.55. The number of Topliss-reactive ketones (excluding diaryl/α,β-unsaturated/α-hetero) is 1. The van der Waals surface area contributed by atoms with Crippen LogP contribution in [-0.4, -0.2) is 12.8 Å². The van der Waals surface area contributed by atoms with Gasteiger partial charge in [0.1, 0.15) is 0 Å². The van der Waals surface area contributed by atoms with Crippen molar-refractivity contribution >= 4 is 11.5 Å². The van der Waals surface area contributed by atoms with Crippen LogP contribution in [0.1, 0.15) is 28.8 Å². The Morgan fingerprint density at radius 3 is 2.92 bits per heavy atom. The van der Waals surface area contributed by atoms with E-state index in [4.69, 9.17) is 0 Å². The number of benzene rings is 1. The van der Waals surface area contributed by atoms with Gasteiger partial charge in [0.25, 0.3) is 0 Å². The molecule has 2 heteroatoms. The summed E-state index contributed by atoms with van der Waals surface area (Å²) >= 11 is 0. The SMILES string of the molecule is CNc1ccc2c(c1)C(=O)CCC2. The molecule has 13 heavy (non-hydrogen) atoms. The van der Waals surface area contributed by atoms with Gasteiger partial charge in [-0.15, -0.1) is 0 Å². The fraction of sp³-hybridized carbons (Fsp3) is 0.364. The van der Waals surface area contributed by atoms with Gasteiger partial charge < -0.3 is 5.32 Å². The fourth-order valence-electron chi connectivity index (χ4n) is 1.78. The van der Waals surface area contributed by atoms with Crippen LogP contribution in [0.5, 0.6) is 0 Å². The van der Waals surface area contributed by atoms with Crippen LogP contribution in [0.3, 0.4) is 0 Å². The van der Waals surface area contributed by atoms with E-state index in [0.29, 0.717) is 12.2 Å². The summed E-state index contributed by atoms with van der Waals surface area (Å²) in [6, 6.07) is 6.03. The molecule has 0 atom stereocenters. The maximum Gasteiger partial charge on any atom is 0.163 e. The summed E-state index contributed by atoms with van der Waals surface area (Å²) in [7, 11) is 1.87. The predicted molar refractivity (Wildman–Crippen MR) is 53.3 cm³/mol. The highest BCUT2D eigenvalue weighted by molar-refractivity contribution is 5.99. The third kappa shape index (κ3) is 1.44. The molecule has 0 fully saturated rings. The lowest BCUT2D eigenvalue weighted by atomic mass is 9.90. The number of carbonyl (C=O) groups excluding carboxylic acids is 1. The van der Waals surface area contributed by atoms with E-state index in [1.54, 1.807) is 0 Å². The Hall–Kier alpha value is -1.31. The van der Waals surface area contributed by atoms with Crippen LogP contribution in [0.2, 0.25) is 0 Å². The fourth-order valence-corrected chi connectivity index (χ4v) is 1.78. The lowest BCUT2D eigenvalue weighted by Crippen LogP contribution is -2.10. The second kappa shape index (κ2) is 3.21. The number of hydrogen-bond acceptors (Lipinski definition) is 2. The molecule has 0 aromatic heterocycles. The number of nitrogens with one attached hydrogen (secondary N) is 1. The van der Waals surface area contributed by atoms with Crippen molar-refractivity contribution in [3.05, 3.63) is 29.3 Å². The molecule has 0 amide bonds. The molecular weight excluding hydrogens is 162 g/mol. The van der Waals surface area contributed by atoms with Gasteiger partial charge in [0.15, 0.2) is 5.78 Å². The molecule has 0 saturated carbocycles. The Bertz CT molecular complexity index is 344. The van der Waals surface area contributed by atoms with Crippen molar-refractivity contribution in [2.75, 3.05) is 12.4 Å². The zero-order chi connectivity index (χ0) is 9.26. The average molecular weight is 175 g/mol. The van der Waals surface area contributed by atoms with E-state index in [9.17, 15) is 4.79 Å². The van der Waals surface area contributed by atoms with Gasteiger partial charge in [-0.05, 0) is 30.5 Å². The number of hydrogen-bond donors (Lipinski definition) is 1. The predicted octanol–water partition coefficient (Wildman–Crippen LogP) is 2.25. The van der Waals surface area contributed by atoms with E-state index >= 15 is 0 Å². The zero-order valence-corrected chi connectivity index (χ0v) is 7.76. The van der Waals surface area contributed by atoms with Crippen molar-refractivity contribution in [2.24, 2.45) is 0 Å². The highest BCUT2D eigenvalue weighted by atomic mass is 16.1. The van der Waals surface area contributed by atoms with Crippen molar-refractivity contribution in [3.63, 3.8) is 0 Å². The molecule has 0 spiro atoms. The highest BCUT2D eigenvalue weighted by Gasteiger charge is 2.16. The second-order valence-corrected chi connectivity index (χ2v) is 3.40. The molecule has 0 radical (unpaired) electrons. The van der Waals surface area contributed by atoms with Crippen LogP contribution in [0.25, 0.3) is 0 Å². The molecule has 0 saturated heterocycles. The van der Waals surface area contributed by atoms with Gasteiger partial charge in [0.2, 0.25) is 0 Å². The summed E-state index contributed by atoms with van der Waals surface area (Å²) in [6.07, 6.45) is 2.76. The van der Waals surface area contributed by atoms with Gasteiger partial charge in [-0.1, -0.05) is 6.07 Å². The summed E-state index contributed by atoms with van der Waals surface area (Å²) in [6.45, 7) is 0. The Balaban J connectivity index is 2.47. The molecule has 1 aromatic carbocycles. The summed E-state index contributed by atoms with van der Waals surface area (Å²) in [5.74, 6) is 0.290. The number of aryl methyl sites for hydroxylation is 1. The van der Waals surface area contributed by atoms with Crippen LogP contribution < -0.4 is 5.32 Å². The lowest BCUT2D eigenvalue weighted by molar-refractivity contribution is 0.0972. The molecule has 2 nitrogen and oxygen atoms in total. The van der Waals surface area contributed by atoms with Crippen molar-refractivity contribution < 1.29 is 4.79 Å². The first-order valence-corrected chi connectivity index (χ1v) is 4.65. The van der Waals surface area contributed by atoms with Gasteiger partial charge in [-0.3, -0.25) is 4.79 Å². The minimum atomic E-state index is 0.290. The summed E-state index contributed by atoms with van der Waals surface area (Å²) in [4.78, 5) is 11.5. The van der Waals surface area contributed by atoms with Gasteiger partial charge in [0, 0.05) is 24.7 Å². The van der Waals surface area contributed by atoms with Crippen LogP contribution in [-0.2, 0) is 6.42 Å². The van der Waals surface area contributed by atoms with Crippen molar-refractivity contribution in [3.8, 4) is 0 Å². The topological polar surface area (TPSA) is 29.1 Å². The molecule has 2 rings (SSSR count). The van der Waals surface area contributed by atoms with E-state index in [1.165, 1.54) is 5.56 Å². The average Bonchev–Trinajstić information content (AvgIpc) is 2.18. The number of carbonyl (C=O) groups is 1. The van der Waals surface area contributed by atoms with E-state index in [1.807, 2.05) is 19.2 Å². The lowest BCUT2D eigenvalue weighted by Gasteiger charge is -2.15. The first-order valence-electron chi connectivity index (χ1n) is 4.65. The number of ketones is 1. The normalized spacial score (nSPS) is 15.3. The van der Waals surface area contributed by atoms with E-state index < -0.39 is 0 Å². The van der Waals surface area contributed by atoms with E-state index in [2.05, 4.69) is 11.4 Å². The number of rotatable bonds is 1. The van der Waals surface area contributed by atoms with Crippen LogP contribution in [0.15, 0.2) is 18.2 Å². The Kier molecular flexibility index (Phi) is 2.05. The molecule has 0 heterocycles. The van der Waals surface area contributed by atoms with Crippen LogP contribution in [0.4, 0.5) is 5.69 Å². The molecule has 68 valence electrons. The van der Waals surface area contributed by atoms with Gasteiger partial charge in [-0.2, -0.15) is 0 Å². The molecule has 0 bridgehead atoms. The second-order valence-electron chi connectivity index (χ2n) is 3.40. The van der Waals surface area contributed by atoms with Gasteiger partial charge in [-0.25, -0.2) is 0 Å². The standard InChI is InChI=1S/C11H13NO/c1-12-9-6-5-8-3-2-4-11(13)10(8)7-9/h5-7,12H,2-4H2,1H3. The first kappa shape index (κ1) is 8.30. The minimum Gasteiger partial charge on any atom is -0.388 e. The minimum absolute atomic E-state index is 0.290. The Morgan fingerprint density at radius 1 is 1.31 bits per heavy atom. The van der Waals surface area contributed by atoms with Crippen LogP contribution in [0, 0.1) is 0 Å². The van der Waals surface area contributed by atoms with Crippen molar-refractivity contribution in [1.29, 1.82) is 0 Å². The summed E-state index contributed by atoms with van der Waals surface area (Å²) < 4.78 is 0. The molecular formula is C11H13NO. The van der Waals surface area contributed by atoms with E-state index in [-0.39, 0.29) is 0 Å². The molecule has 1 aliphatic carbocycles. The van der Waals surface area contributed by atoms with Gasteiger partial charge >= 0.3 is 0 Å². The quantitative estimate of drug-likeness (QED) is 0.709. The number of anilines is 1. The summed E-state index contributed by atoms with van der Waals surface area (Å²) in [5.41, 5.74) is 3.14. The first-order chi connectivity index (χ1) is 6.31. The van der Waals surface area contributed by atoms with Crippen LogP contribution >= 0.6 is 0 Å².